The summed E-state index contributed by atoms with van der Waals surface area (Å²) < 4.78 is 26.2. The Balaban J connectivity index is 2.30. The first-order valence-electron chi connectivity index (χ1n) is 4.83. The standard InChI is InChI=1S/C10H9ClN4O2S/c11-9-5-14-10(6-13-9)15-18(16,17)8-3-1-2-7(12)4-8/h1-6H,12H2,(H,14,15). The van der Waals surface area contributed by atoms with Crippen LogP contribution in [0.25, 0.3) is 0 Å². The molecule has 0 aliphatic heterocycles. The van der Waals surface area contributed by atoms with E-state index in [0.29, 0.717) is 5.69 Å². The maximum absolute atomic E-state index is 12.0. The second kappa shape index (κ2) is 4.79. The first-order chi connectivity index (χ1) is 8.47. The number of nitrogens with two attached hydrogens (primary N) is 1. The smallest absolute Gasteiger partial charge is 0.263 e. The third-order valence-electron chi connectivity index (χ3n) is 2.03. The Labute approximate surface area is 109 Å². The van der Waals surface area contributed by atoms with Gasteiger partial charge in [0.15, 0.2) is 5.82 Å². The minimum atomic E-state index is -3.72. The molecule has 0 fully saturated rings. The number of hydrogen-bond acceptors (Lipinski definition) is 5. The molecule has 1 heterocycles. The van der Waals surface area contributed by atoms with Crippen molar-refractivity contribution in [1.29, 1.82) is 0 Å². The molecule has 2 rings (SSSR count). The van der Waals surface area contributed by atoms with Crippen LogP contribution in [0.2, 0.25) is 5.15 Å². The van der Waals surface area contributed by atoms with Crippen LogP contribution in [-0.4, -0.2) is 18.4 Å². The van der Waals surface area contributed by atoms with Crippen LogP contribution in [0.1, 0.15) is 0 Å². The molecule has 0 saturated carbocycles. The van der Waals surface area contributed by atoms with Crippen LogP contribution in [-0.2, 0) is 10.0 Å². The Morgan fingerprint density at radius 2 is 2.00 bits per heavy atom. The summed E-state index contributed by atoms with van der Waals surface area (Å²) in [6, 6.07) is 5.94. The summed E-state index contributed by atoms with van der Waals surface area (Å²) >= 11 is 5.55. The number of nitrogens with one attached hydrogen (secondary N) is 1. The average molecular weight is 285 g/mol. The van der Waals surface area contributed by atoms with Crippen LogP contribution in [0.15, 0.2) is 41.6 Å². The molecule has 94 valence electrons. The van der Waals surface area contributed by atoms with Gasteiger partial charge in [-0.3, -0.25) is 4.72 Å². The summed E-state index contributed by atoms with van der Waals surface area (Å²) in [7, 11) is -3.72. The summed E-state index contributed by atoms with van der Waals surface area (Å²) in [4.78, 5) is 7.58. The summed E-state index contributed by atoms with van der Waals surface area (Å²) in [6.07, 6.45) is 2.48. The van der Waals surface area contributed by atoms with Gasteiger partial charge < -0.3 is 5.73 Å². The number of nitrogen functional groups attached to an aromatic ring is 1. The van der Waals surface area contributed by atoms with Crippen molar-refractivity contribution in [2.75, 3.05) is 10.5 Å². The topological polar surface area (TPSA) is 98.0 Å². The van der Waals surface area contributed by atoms with E-state index in [-0.39, 0.29) is 15.9 Å². The Bertz CT molecular complexity index is 658. The number of aromatic nitrogens is 2. The molecular formula is C10H9ClN4O2S. The van der Waals surface area contributed by atoms with Gasteiger partial charge in [-0.05, 0) is 18.2 Å². The van der Waals surface area contributed by atoms with E-state index in [9.17, 15) is 8.42 Å². The lowest BCUT2D eigenvalue weighted by molar-refractivity contribution is 0.601. The molecule has 0 aliphatic rings. The first kappa shape index (κ1) is 12.6. The van der Waals surface area contributed by atoms with E-state index in [4.69, 9.17) is 17.3 Å². The monoisotopic (exact) mass is 284 g/mol. The van der Waals surface area contributed by atoms with Crippen molar-refractivity contribution in [2.45, 2.75) is 4.90 Å². The fourth-order valence-electron chi connectivity index (χ4n) is 1.24. The third-order valence-corrected chi connectivity index (χ3v) is 3.58. The quantitative estimate of drug-likeness (QED) is 0.833. The summed E-state index contributed by atoms with van der Waals surface area (Å²) in [5.74, 6) is 0.0850. The summed E-state index contributed by atoms with van der Waals surface area (Å²) in [5, 5.41) is 0.182. The fraction of sp³-hybridized carbons (Fsp3) is 0. The highest BCUT2D eigenvalue weighted by molar-refractivity contribution is 7.92. The van der Waals surface area contributed by atoms with Gasteiger partial charge in [0.05, 0.1) is 17.3 Å². The van der Waals surface area contributed by atoms with Crippen LogP contribution in [0.5, 0.6) is 0 Å². The molecule has 18 heavy (non-hydrogen) atoms. The second-order valence-electron chi connectivity index (χ2n) is 3.40. The Morgan fingerprint density at radius 1 is 1.22 bits per heavy atom. The van der Waals surface area contributed by atoms with Gasteiger partial charge >= 0.3 is 0 Å². The normalized spacial score (nSPS) is 11.2. The fourth-order valence-corrected chi connectivity index (χ4v) is 2.39. The number of nitrogens with zero attached hydrogens (tertiary/aromatic N) is 2. The lowest BCUT2D eigenvalue weighted by Crippen LogP contribution is -2.14. The van der Waals surface area contributed by atoms with Crippen molar-refractivity contribution >= 4 is 33.1 Å². The highest BCUT2D eigenvalue weighted by Crippen LogP contribution is 2.16. The molecule has 2 aromatic rings. The molecule has 6 nitrogen and oxygen atoms in total. The molecule has 8 heteroatoms. The van der Waals surface area contributed by atoms with Gasteiger partial charge in [0.1, 0.15) is 5.15 Å². The molecule has 0 saturated heterocycles. The van der Waals surface area contributed by atoms with Crippen molar-refractivity contribution in [3.8, 4) is 0 Å². The minimum Gasteiger partial charge on any atom is -0.399 e. The lowest BCUT2D eigenvalue weighted by Gasteiger charge is -2.07. The molecule has 0 amide bonds. The van der Waals surface area contributed by atoms with E-state index in [1.165, 1.54) is 24.5 Å². The summed E-state index contributed by atoms with van der Waals surface area (Å²) in [6.45, 7) is 0. The van der Waals surface area contributed by atoms with Crippen molar-refractivity contribution in [2.24, 2.45) is 0 Å². The van der Waals surface area contributed by atoms with Crippen LogP contribution < -0.4 is 10.5 Å². The number of rotatable bonds is 3. The van der Waals surface area contributed by atoms with Gasteiger partial charge in [0, 0.05) is 5.69 Å². The number of sulfonamides is 1. The Kier molecular flexibility index (Phi) is 3.35. The number of benzene rings is 1. The summed E-state index contributed by atoms with van der Waals surface area (Å²) in [5.41, 5.74) is 5.89. The van der Waals surface area contributed by atoms with Crippen LogP contribution in [0.3, 0.4) is 0 Å². The Hall–Kier alpha value is -1.86. The maximum atomic E-state index is 12.0. The lowest BCUT2D eigenvalue weighted by atomic mass is 10.3. The molecule has 3 N–H and O–H groups in total. The van der Waals surface area contributed by atoms with Gasteiger partial charge in [-0.2, -0.15) is 0 Å². The van der Waals surface area contributed by atoms with Gasteiger partial charge in [-0.1, -0.05) is 17.7 Å². The van der Waals surface area contributed by atoms with Crippen molar-refractivity contribution < 1.29 is 8.42 Å². The number of anilines is 2. The largest absolute Gasteiger partial charge is 0.399 e. The van der Waals surface area contributed by atoms with Crippen LogP contribution in [0, 0.1) is 0 Å². The minimum absolute atomic E-state index is 0.0549. The number of halogens is 1. The van der Waals surface area contributed by atoms with Crippen LogP contribution >= 0.6 is 11.6 Å². The predicted molar refractivity (Wildman–Crippen MR) is 68.7 cm³/mol. The van der Waals surface area contributed by atoms with Crippen molar-refractivity contribution in [3.05, 3.63) is 41.8 Å². The first-order valence-corrected chi connectivity index (χ1v) is 6.69. The highest BCUT2D eigenvalue weighted by atomic mass is 35.5. The molecule has 1 aromatic heterocycles. The second-order valence-corrected chi connectivity index (χ2v) is 5.47. The van der Waals surface area contributed by atoms with E-state index in [2.05, 4.69) is 14.7 Å². The average Bonchev–Trinajstić information content (AvgIpc) is 2.32. The van der Waals surface area contributed by atoms with E-state index in [1.807, 2.05) is 0 Å². The molecule has 0 aliphatic carbocycles. The van der Waals surface area contributed by atoms with Gasteiger partial charge in [0.2, 0.25) is 0 Å². The zero-order valence-electron chi connectivity index (χ0n) is 9.04. The highest BCUT2D eigenvalue weighted by Gasteiger charge is 2.14. The van der Waals surface area contributed by atoms with E-state index >= 15 is 0 Å². The van der Waals surface area contributed by atoms with E-state index in [0.717, 1.165) is 0 Å². The van der Waals surface area contributed by atoms with Crippen molar-refractivity contribution in [1.82, 2.24) is 9.97 Å². The zero-order valence-corrected chi connectivity index (χ0v) is 10.6. The molecule has 0 bridgehead atoms. The van der Waals surface area contributed by atoms with Gasteiger partial charge in [0.25, 0.3) is 10.0 Å². The molecule has 0 atom stereocenters. The van der Waals surface area contributed by atoms with Gasteiger partial charge in [-0.25, -0.2) is 18.4 Å². The maximum Gasteiger partial charge on any atom is 0.263 e. The Morgan fingerprint density at radius 3 is 2.61 bits per heavy atom. The molecule has 0 unspecified atom stereocenters. The molecule has 1 aromatic carbocycles. The van der Waals surface area contributed by atoms with Crippen LogP contribution in [0.4, 0.5) is 11.5 Å². The number of hydrogen-bond donors (Lipinski definition) is 2. The zero-order chi connectivity index (χ0) is 13.2. The predicted octanol–water partition coefficient (Wildman–Crippen LogP) is 1.51. The molecular weight excluding hydrogens is 276 g/mol. The molecule has 0 spiro atoms. The molecule has 0 radical (unpaired) electrons. The third kappa shape index (κ3) is 2.88. The van der Waals surface area contributed by atoms with Gasteiger partial charge in [-0.15, -0.1) is 0 Å². The van der Waals surface area contributed by atoms with Crippen molar-refractivity contribution in [3.63, 3.8) is 0 Å². The van der Waals surface area contributed by atoms with E-state index in [1.54, 1.807) is 12.1 Å². The SMILES string of the molecule is Nc1cccc(S(=O)(=O)Nc2cnc(Cl)cn2)c1. The van der Waals surface area contributed by atoms with E-state index < -0.39 is 10.0 Å².